The maximum Gasteiger partial charge on any atom is 0.252 e. The van der Waals surface area contributed by atoms with Crippen molar-refractivity contribution in [1.29, 1.82) is 0 Å². The number of nitrogens with zero attached hydrogens (tertiary/aromatic N) is 1. The van der Waals surface area contributed by atoms with E-state index < -0.39 is 10.0 Å². The lowest BCUT2D eigenvalue weighted by Gasteiger charge is -2.23. The molecule has 1 fully saturated rings. The maximum atomic E-state index is 13.0. The molecule has 2 aromatic rings. The lowest BCUT2D eigenvalue weighted by Crippen LogP contribution is -2.35. The van der Waals surface area contributed by atoms with Crippen LogP contribution in [0.3, 0.4) is 0 Å². The second kappa shape index (κ2) is 8.43. The van der Waals surface area contributed by atoms with E-state index in [4.69, 9.17) is 0 Å². The molecule has 0 aliphatic heterocycles. The van der Waals surface area contributed by atoms with Crippen molar-refractivity contribution < 1.29 is 13.2 Å². The molecule has 0 bridgehead atoms. The SMILES string of the molecule is Cc1ccc(S(=O)(=O)NC2CC2)cc1C(=O)N[C@@H](CN(C)C)c1ccccc1. The molecule has 1 aliphatic carbocycles. The van der Waals surface area contributed by atoms with E-state index in [9.17, 15) is 13.2 Å². The second-order valence-corrected chi connectivity index (χ2v) is 9.29. The van der Waals surface area contributed by atoms with Crippen molar-refractivity contribution in [3.63, 3.8) is 0 Å². The van der Waals surface area contributed by atoms with Crippen LogP contribution < -0.4 is 10.0 Å². The first kappa shape index (κ1) is 20.5. The molecule has 1 aliphatic rings. The summed E-state index contributed by atoms with van der Waals surface area (Å²) in [5, 5.41) is 3.06. The molecule has 150 valence electrons. The Morgan fingerprint density at radius 1 is 1.14 bits per heavy atom. The summed E-state index contributed by atoms with van der Waals surface area (Å²) in [5.41, 5.74) is 2.11. The number of aryl methyl sites for hydroxylation is 1. The quantitative estimate of drug-likeness (QED) is 0.712. The summed E-state index contributed by atoms with van der Waals surface area (Å²) in [6.07, 6.45) is 1.73. The van der Waals surface area contributed by atoms with Crippen LogP contribution in [0.25, 0.3) is 0 Å². The van der Waals surface area contributed by atoms with Gasteiger partial charge in [0.25, 0.3) is 5.91 Å². The number of rotatable bonds is 8. The molecule has 1 amide bonds. The molecule has 28 heavy (non-hydrogen) atoms. The molecule has 7 heteroatoms. The Morgan fingerprint density at radius 2 is 1.82 bits per heavy atom. The summed E-state index contributed by atoms with van der Waals surface area (Å²) >= 11 is 0. The minimum atomic E-state index is -3.61. The summed E-state index contributed by atoms with van der Waals surface area (Å²) < 4.78 is 27.7. The van der Waals surface area contributed by atoms with Gasteiger partial charge in [-0.3, -0.25) is 4.79 Å². The molecular formula is C21H27N3O3S. The van der Waals surface area contributed by atoms with Crippen LogP contribution >= 0.6 is 0 Å². The van der Waals surface area contributed by atoms with Crippen molar-refractivity contribution in [3.8, 4) is 0 Å². The zero-order valence-corrected chi connectivity index (χ0v) is 17.3. The molecule has 0 spiro atoms. The standard InChI is InChI=1S/C21H27N3O3S/c1-15-9-12-18(28(26,27)23-17-10-11-17)13-19(15)21(25)22-20(14-24(2)3)16-7-5-4-6-8-16/h4-9,12-13,17,20,23H,10-11,14H2,1-3H3,(H,22,25)/t20-/m0/s1. The molecular weight excluding hydrogens is 374 g/mol. The molecule has 0 radical (unpaired) electrons. The highest BCUT2D eigenvalue weighted by molar-refractivity contribution is 7.89. The van der Waals surface area contributed by atoms with Gasteiger partial charge in [0.1, 0.15) is 0 Å². The van der Waals surface area contributed by atoms with E-state index in [0.29, 0.717) is 12.1 Å². The fourth-order valence-corrected chi connectivity index (χ4v) is 4.35. The predicted octanol–water partition coefficient (Wildman–Crippen LogP) is 2.47. The molecule has 0 aromatic heterocycles. The number of benzene rings is 2. The average Bonchev–Trinajstić information content (AvgIpc) is 3.45. The van der Waals surface area contributed by atoms with Crippen LogP contribution in [0.1, 0.15) is 40.4 Å². The van der Waals surface area contributed by atoms with Crippen LogP contribution in [0, 0.1) is 6.92 Å². The zero-order valence-electron chi connectivity index (χ0n) is 16.5. The number of nitrogens with one attached hydrogen (secondary N) is 2. The van der Waals surface area contributed by atoms with Crippen LogP contribution in [0.2, 0.25) is 0 Å². The summed E-state index contributed by atoms with van der Waals surface area (Å²) in [6, 6.07) is 14.3. The first-order valence-electron chi connectivity index (χ1n) is 9.40. The van der Waals surface area contributed by atoms with Crippen molar-refractivity contribution in [2.24, 2.45) is 0 Å². The fraction of sp³-hybridized carbons (Fsp3) is 0.381. The molecule has 2 N–H and O–H groups in total. The van der Waals surface area contributed by atoms with E-state index in [1.807, 2.05) is 56.3 Å². The third-order valence-electron chi connectivity index (χ3n) is 4.72. The van der Waals surface area contributed by atoms with Crippen LogP contribution in [0.15, 0.2) is 53.4 Å². The smallest absolute Gasteiger partial charge is 0.252 e. The maximum absolute atomic E-state index is 13.0. The van der Waals surface area contributed by atoms with E-state index in [0.717, 1.165) is 24.0 Å². The lowest BCUT2D eigenvalue weighted by atomic mass is 10.0. The zero-order chi connectivity index (χ0) is 20.3. The Morgan fingerprint density at radius 3 is 2.43 bits per heavy atom. The average molecular weight is 402 g/mol. The van der Waals surface area contributed by atoms with E-state index in [1.54, 1.807) is 12.1 Å². The molecule has 0 heterocycles. The van der Waals surface area contributed by atoms with Crippen LogP contribution in [0.5, 0.6) is 0 Å². The van der Waals surface area contributed by atoms with Gasteiger partial charge in [0.05, 0.1) is 10.9 Å². The number of hydrogen-bond donors (Lipinski definition) is 2. The normalized spacial score (nSPS) is 15.4. The summed E-state index contributed by atoms with van der Waals surface area (Å²) in [4.78, 5) is 15.1. The Labute approximate surface area is 167 Å². The van der Waals surface area contributed by atoms with Crippen molar-refractivity contribution in [3.05, 3.63) is 65.2 Å². The Balaban J connectivity index is 1.85. The van der Waals surface area contributed by atoms with Gasteiger partial charge < -0.3 is 10.2 Å². The number of hydrogen-bond acceptors (Lipinski definition) is 4. The van der Waals surface area contributed by atoms with Crippen molar-refractivity contribution in [1.82, 2.24) is 14.9 Å². The predicted molar refractivity (Wildman–Crippen MR) is 110 cm³/mol. The number of likely N-dealkylation sites (N-methyl/N-ethyl adjacent to an activating group) is 1. The first-order chi connectivity index (χ1) is 13.3. The minimum absolute atomic E-state index is 0.0196. The second-order valence-electron chi connectivity index (χ2n) is 7.57. The molecule has 2 aromatic carbocycles. The fourth-order valence-electron chi connectivity index (χ4n) is 3.02. The Hall–Kier alpha value is -2.22. The monoisotopic (exact) mass is 401 g/mol. The van der Waals surface area contributed by atoms with Gasteiger partial charge in [-0.25, -0.2) is 13.1 Å². The van der Waals surface area contributed by atoms with Crippen molar-refractivity contribution in [2.75, 3.05) is 20.6 Å². The Bertz CT molecular complexity index is 939. The van der Waals surface area contributed by atoms with Gasteiger partial charge in [-0.15, -0.1) is 0 Å². The van der Waals surface area contributed by atoms with Gasteiger partial charge in [-0.1, -0.05) is 36.4 Å². The van der Waals surface area contributed by atoms with Gasteiger partial charge in [0.2, 0.25) is 10.0 Å². The minimum Gasteiger partial charge on any atom is -0.344 e. The Kier molecular flexibility index (Phi) is 6.17. The topological polar surface area (TPSA) is 78.5 Å². The number of amides is 1. The number of carbonyl (C=O) groups excluding carboxylic acids is 1. The van der Waals surface area contributed by atoms with Gasteiger partial charge in [-0.2, -0.15) is 0 Å². The third-order valence-corrected chi connectivity index (χ3v) is 6.24. The molecule has 0 saturated heterocycles. The van der Waals surface area contributed by atoms with E-state index in [1.165, 1.54) is 6.07 Å². The highest BCUT2D eigenvalue weighted by Gasteiger charge is 2.28. The van der Waals surface area contributed by atoms with Gasteiger partial charge in [-0.05, 0) is 57.1 Å². The molecule has 3 rings (SSSR count). The van der Waals surface area contributed by atoms with Crippen molar-refractivity contribution in [2.45, 2.75) is 36.7 Å². The molecule has 1 saturated carbocycles. The van der Waals surface area contributed by atoms with Crippen LogP contribution in [-0.4, -0.2) is 45.9 Å². The molecule has 6 nitrogen and oxygen atoms in total. The highest BCUT2D eigenvalue weighted by atomic mass is 32.2. The van der Waals surface area contributed by atoms with Crippen molar-refractivity contribution >= 4 is 15.9 Å². The van der Waals surface area contributed by atoms with Gasteiger partial charge in [0, 0.05) is 18.2 Å². The number of sulfonamides is 1. The van der Waals surface area contributed by atoms with Crippen LogP contribution in [0.4, 0.5) is 0 Å². The summed E-state index contributed by atoms with van der Waals surface area (Å²) in [7, 11) is 0.289. The van der Waals surface area contributed by atoms with E-state index >= 15 is 0 Å². The third kappa shape index (κ3) is 5.19. The molecule has 0 unspecified atom stereocenters. The highest BCUT2D eigenvalue weighted by Crippen LogP contribution is 2.23. The first-order valence-corrected chi connectivity index (χ1v) is 10.9. The van der Waals surface area contributed by atoms with Gasteiger partial charge >= 0.3 is 0 Å². The summed E-state index contributed by atoms with van der Waals surface area (Å²) in [5.74, 6) is -0.281. The lowest BCUT2D eigenvalue weighted by molar-refractivity contribution is 0.0929. The number of carbonyl (C=O) groups is 1. The molecule has 1 atom stereocenters. The summed E-state index contributed by atoms with van der Waals surface area (Å²) in [6.45, 7) is 2.44. The largest absolute Gasteiger partial charge is 0.344 e. The van der Waals surface area contributed by atoms with Gasteiger partial charge in [0.15, 0.2) is 0 Å². The van der Waals surface area contributed by atoms with Crippen LogP contribution in [-0.2, 0) is 10.0 Å². The van der Waals surface area contributed by atoms with E-state index in [-0.39, 0.29) is 22.9 Å². The van der Waals surface area contributed by atoms with E-state index in [2.05, 4.69) is 10.0 Å².